The Kier molecular flexibility index (Phi) is 5.85. The lowest BCUT2D eigenvalue weighted by Gasteiger charge is -2.35. The van der Waals surface area contributed by atoms with E-state index in [4.69, 9.17) is 0 Å². The lowest BCUT2D eigenvalue weighted by molar-refractivity contribution is -0.385. The maximum Gasteiger partial charge on any atom is 0.345 e. The Morgan fingerprint density at radius 2 is 2.04 bits per heavy atom. The van der Waals surface area contributed by atoms with Gasteiger partial charge in [0, 0.05) is 19.2 Å². The highest BCUT2D eigenvalue weighted by Gasteiger charge is 2.28. The van der Waals surface area contributed by atoms with Gasteiger partial charge in [-0.25, -0.2) is 4.98 Å². The van der Waals surface area contributed by atoms with E-state index in [0.717, 1.165) is 0 Å². The summed E-state index contributed by atoms with van der Waals surface area (Å²) in [6.07, 6.45) is 2.12. The van der Waals surface area contributed by atoms with Gasteiger partial charge in [0.2, 0.25) is 0 Å². The lowest BCUT2D eigenvalue weighted by Crippen LogP contribution is -2.38. The Balaban J connectivity index is 2.08. The maximum atomic E-state index is 12.2. The molecule has 0 saturated heterocycles. The zero-order valence-corrected chi connectivity index (χ0v) is 14.4. The summed E-state index contributed by atoms with van der Waals surface area (Å²) in [4.78, 5) is 16.7. The average molecular weight is 394 g/mol. The molecule has 0 N–H and O–H groups in total. The van der Waals surface area contributed by atoms with E-state index in [0.29, 0.717) is 41.7 Å². The topological polar surface area (TPSA) is 68.5 Å². The molecule has 0 bridgehead atoms. The van der Waals surface area contributed by atoms with Gasteiger partial charge in [-0.2, -0.15) is 8.78 Å². The van der Waals surface area contributed by atoms with Crippen LogP contribution in [-0.4, -0.2) is 35.7 Å². The van der Waals surface area contributed by atoms with Gasteiger partial charge < -0.3 is 9.64 Å². The van der Waals surface area contributed by atoms with Gasteiger partial charge in [0.25, 0.3) is 5.69 Å². The Morgan fingerprint density at radius 1 is 1.43 bits per heavy atom. The maximum absolute atomic E-state index is 12.2. The summed E-state index contributed by atoms with van der Waals surface area (Å²) in [5.74, 6) is 0.617. The summed E-state index contributed by atoms with van der Waals surface area (Å²) < 4.78 is 29.6. The van der Waals surface area contributed by atoms with Crippen molar-refractivity contribution in [2.45, 2.75) is 51.4 Å². The van der Waals surface area contributed by atoms with Gasteiger partial charge in [-0.05, 0) is 48.5 Å². The molecule has 1 aliphatic rings. The van der Waals surface area contributed by atoms with E-state index in [2.05, 4.69) is 25.7 Å². The Morgan fingerprint density at radius 3 is 2.57 bits per heavy atom. The SMILES string of the molecule is Cc1nc(N(C)C2CCC(OC(F)F)CC2)c(Br)cc1[N+](=O)[O-]. The summed E-state index contributed by atoms with van der Waals surface area (Å²) in [5.41, 5.74) is 0.304. The number of aromatic nitrogens is 1. The first-order chi connectivity index (χ1) is 10.8. The monoisotopic (exact) mass is 393 g/mol. The molecule has 0 atom stereocenters. The number of ether oxygens (including phenoxy) is 1. The fourth-order valence-corrected chi connectivity index (χ4v) is 3.46. The zero-order valence-electron chi connectivity index (χ0n) is 12.8. The number of nitro groups is 1. The van der Waals surface area contributed by atoms with E-state index in [-0.39, 0.29) is 11.7 Å². The van der Waals surface area contributed by atoms with Gasteiger partial charge in [0.15, 0.2) is 0 Å². The molecule has 0 aliphatic heterocycles. The smallest absolute Gasteiger partial charge is 0.345 e. The second kappa shape index (κ2) is 7.48. The molecule has 1 aliphatic carbocycles. The number of nitrogens with zero attached hydrogens (tertiary/aromatic N) is 3. The summed E-state index contributed by atoms with van der Waals surface area (Å²) in [7, 11) is 1.86. The predicted octanol–water partition coefficient (Wildman–Crippen LogP) is 4.05. The normalized spacial score (nSPS) is 21.5. The van der Waals surface area contributed by atoms with E-state index >= 15 is 0 Å². The van der Waals surface area contributed by atoms with E-state index in [1.807, 2.05) is 11.9 Å². The number of hydrogen-bond acceptors (Lipinski definition) is 5. The van der Waals surface area contributed by atoms with E-state index in [1.165, 1.54) is 6.07 Å². The number of anilines is 1. The van der Waals surface area contributed by atoms with Gasteiger partial charge in [0.05, 0.1) is 15.5 Å². The molecule has 1 fully saturated rings. The van der Waals surface area contributed by atoms with Crippen molar-refractivity contribution in [3.8, 4) is 0 Å². The molecule has 0 amide bonds. The molecule has 0 unspecified atom stereocenters. The third kappa shape index (κ3) is 4.35. The fourth-order valence-electron chi connectivity index (χ4n) is 2.88. The highest BCUT2D eigenvalue weighted by atomic mass is 79.9. The van der Waals surface area contributed by atoms with Gasteiger partial charge in [-0.1, -0.05) is 0 Å². The fraction of sp³-hybridized carbons (Fsp3) is 0.643. The van der Waals surface area contributed by atoms with E-state index in [1.54, 1.807) is 6.92 Å². The molecule has 1 saturated carbocycles. The number of rotatable bonds is 5. The molecule has 1 heterocycles. The molecule has 9 heteroatoms. The molecule has 0 spiro atoms. The van der Waals surface area contributed by atoms with Gasteiger partial charge >= 0.3 is 6.61 Å². The van der Waals surface area contributed by atoms with E-state index < -0.39 is 17.6 Å². The quantitative estimate of drug-likeness (QED) is 0.557. The molecule has 6 nitrogen and oxygen atoms in total. The van der Waals surface area contributed by atoms with Crippen LogP contribution in [0.3, 0.4) is 0 Å². The van der Waals surface area contributed by atoms with Crippen molar-refractivity contribution in [2.75, 3.05) is 11.9 Å². The molecule has 1 aromatic rings. The number of hydrogen-bond donors (Lipinski definition) is 0. The van der Waals surface area contributed by atoms with Crippen LogP contribution in [0.1, 0.15) is 31.4 Å². The molecule has 0 radical (unpaired) electrons. The first-order valence-electron chi connectivity index (χ1n) is 7.27. The van der Waals surface area contributed by atoms with Crippen LogP contribution in [0.4, 0.5) is 20.3 Å². The van der Waals surface area contributed by atoms with Crippen molar-refractivity contribution in [3.05, 3.63) is 26.3 Å². The summed E-state index contributed by atoms with van der Waals surface area (Å²) in [6.45, 7) is -1.14. The van der Waals surface area contributed by atoms with Crippen molar-refractivity contribution in [1.82, 2.24) is 4.98 Å². The minimum atomic E-state index is -2.73. The van der Waals surface area contributed by atoms with Crippen molar-refractivity contribution in [2.24, 2.45) is 0 Å². The largest absolute Gasteiger partial charge is 0.356 e. The Labute approximate surface area is 141 Å². The Hall–Kier alpha value is -1.35. The van der Waals surface area contributed by atoms with Crippen LogP contribution in [0.2, 0.25) is 0 Å². The van der Waals surface area contributed by atoms with Gasteiger partial charge in [-0.15, -0.1) is 0 Å². The number of pyridine rings is 1. The number of aryl methyl sites for hydroxylation is 1. The molecule has 2 rings (SSSR count). The minimum absolute atomic E-state index is 0.0388. The standard InChI is InChI=1S/C14H18BrF2N3O3/c1-8-12(20(21)22)7-11(15)13(18-8)19(2)9-3-5-10(6-4-9)23-14(16)17/h7,9-10,14H,3-6H2,1-2H3. The summed E-state index contributed by atoms with van der Waals surface area (Å²) in [6, 6.07) is 1.58. The molecular formula is C14H18BrF2N3O3. The van der Waals surface area contributed by atoms with E-state index in [9.17, 15) is 18.9 Å². The highest BCUT2D eigenvalue weighted by molar-refractivity contribution is 9.10. The molecule has 1 aromatic heterocycles. The molecule has 23 heavy (non-hydrogen) atoms. The van der Waals surface area contributed by atoms with Crippen LogP contribution in [0.5, 0.6) is 0 Å². The highest BCUT2D eigenvalue weighted by Crippen LogP contribution is 2.34. The van der Waals surface area contributed by atoms with Gasteiger partial charge in [0.1, 0.15) is 11.5 Å². The molecule has 0 aromatic carbocycles. The Bertz CT molecular complexity index is 581. The average Bonchev–Trinajstić information content (AvgIpc) is 2.48. The second-order valence-electron chi connectivity index (χ2n) is 5.59. The first kappa shape index (κ1) is 18.0. The van der Waals surface area contributed by atoms with Crippen molar-refractivity contribution in [1.29, 1.82) is 0 Å². The van der Waals surface area contributed by atoms with Crippen LogP contribution in [0, 0.1) is 17.0 Å². The van der Waals surface area contributed by atoms with Crippen LogP contribution < -0.4 is 4.90 Å². The van der Waals surface area contributed by atoms with Crippen LogP contribution in [-0.2, 0) is 4.74 Å². The predicted molar refractivity (Wildman–Crippen MR) is 84.9 cm³/mol. The second-order valence-corrected chi connectivity index (χ2v) is 6.45. The summed E-state index contributed by atoms with van der Waals surface area (Å²) in [5, 5.41) is 10.9. The minimum Gasteiger partial charge on any atom is -0.356 e. The number of halogens is 3. The third-order valence-electron chi connectivity index (χ3n) is 4.14. The van der Waals surface area contributed by atoms with Crippen molar-refractivity contribution >= 4 is 27.4 Å². The number of alkyl halides is 2. The molecular weight excluding hydrogens is 376 g/mol. The third-order valence-corrected chi connectivity index (χ3v) is 4.72. The van der Waals surface area contributed by atoms with Crippen molar-refractivity contribution < 1.29 is 18.4 Å². The van der Waals surface area contributed by atoms with Crippen LogP contribution >= 0.6 is 15.9 Å². The summed E-state index contributed by atoms with van der Waals surface area (Å²) >= 11 is 3.33. The lowest BCUT2D eigenvalue weighted by atomic mass is 9.92. The van der Waals surface area contributed by atoms with Gasteiger partial charge in [-0.3, -0.25) is 10.1 Å². The zero-order chi connectivity index (χ0) is 17.1. The van der Waals surface area contributed by atoms with Crippen molar-refractivity contribution in [3.63, 3.8) is 0 Å². The first-order valence-corrected chi connectivity index (χ1v) is 8.07. The molecule has 128 valence electrons. The van der Waals surface area contributed by atoms with Crippen LogP contribution in [0.15, 0.2) is 10.5 Å². The van der Waals surface area contributed by atoms with Crippen LogP contribution in [0.25, 0.3) is 0 Å².